The molecule has 1 aliphatic heterocycles. The van der Waals surface area contributed by atoms with Crippen LogP contribution in [0.25, 0.3) is 21.8 Å². The van der Waals surface area contributed by atoms with Gasteiger partial charge in [-0.25, -0.2) is 4.98 Å². The number of nitrogens with two attached hydrogens (primary N) is 2. The van der Waals surface area contributed by atoms with Gasteiger partial charge in [0, 0.05) is 79.2 Å². The van der Waals surface area contributed by atoms with Crippen molar-refractivity contribution < 1.29 is 92.3 Å². The van der Waals surface area contributed by atoms with Crippen LogP contribution in [-0.4, -0.2) is 252 Å². The number of amides is 15. The van der Waals surface area contributed by atoms with Gasteiger partial charge in [-0.1, -0.05) is 90.1 Å². The zero-order valence-electron chi connectivity index (χ0n) is 67.8. The van der Waals surface area contributed by atoms with Crippen molar-refractivity contribution in [2.24, 2.45) is 29.2 Å². The van der Waals surface area contributed by atoms with Crippen molar-refractivity contribution in [1.29, 1.82) is 0 Å². The summed E-state index contributed by atoms with van der Waals surface area (Å²) in [5, 5.41) is 75.6. The van der Waals surface area contributed by atoms with Crippen LogP contribution in [0.4, 0.5) is 0 Å². The van der Waals surface area contributed by atoms with Crippen molar-refractivity contribution in [3.63, 3.8) is 0 Å². The zero-order valence-corrected chi connectivity index (χ0v) is 67.8. The van der Waals surface area contributed by atoms with Gasteiger partial charge in [-0.15, -0.1) is 0 Å². The number of primary amides is 1. The van der Waals surface area contributed by atoms with E-state index < -0.39 is 193 Å². The number of aliphatic hydroxyl groups excluding tert-OH is 3. The molecule has 119 heavy (non-hydrogen) atoms. The maximum absolute atomic E-state index is 15.1. The average molecular weight is 1660 g/mol. The van der Waals surface area contributed by atoms with Crippen LogP contribution in [0.2, 0.25) is 0 Å². The number of phenols is 1. The molecule has 1 fully saturated rings. The molecule has 3 aromatic heterocycles. The van der Waals surface area contributed by atoms with Crippen molar-refractivity contribution in [2.75, 3.05) is 39.4 Å². The van der Waals surface area contributed by atoms with Crippen LogP contribution in [0.15, 0.2) is 97.7 Å². The Bertz CT molecular complexity index is 4510. The number of aliphatic hydroxyl groups is 3. The number of likely N-dealkylation sites (tertiary alicyclic amines) is 1. The molecule has 6 aromatic rings. The normalized spacial score (nSPS) is 15.7. The number of phenolic OH excluding ortho intramolecular Hbond substituents is 1. The molecule has 646 valence electrons. The number of carbonyl (C=O) groups is 15. The maximum Gasteiger partial charge on any atom is 0.245 e. The van der Waals surface area contributed by atoms with Crippen molar-refractivity contribution in [1.82, 2.24) is 94.0 Å². The monoisotopic (exact) mass is 1660 g/mol. The zero-order chi connectivity index (χ0) is 87.3. The fourth-order valence-corrected chi connectivity index (χ4v) is 13.6. The second kappa shape index (κ2) is 45.4. The standard InChI is InChI=1S/C80H112N20O19/c1-41(2)26-55(71(110)87-38-67(107)100-24-13-18-64(100)79(118)96-61(70(109)84-23-25-101)32-49-37-83-40-88-49)92-72(111)56(27-42(3)4)93-74(113)58(29-46-19-21-50(104)22-20-46)94-75(114)60(31-48-36-86-54-17-12-10-15-52(48)54)91-69(108)44(7)89-78(117)63(39-102)98-76(115)62(33-65(82)105)95-73(112)57(28-43(5)6)97-80(119)68(45(8)103)99-77(116)59(90-66(106)34-81)30-47-35-85-53-16-11-9-14-51(47)53/h9-12,14-17,19-22,35-37,40-45,55-64,68,85-86,101-104H,13,18,23-34,38-39,81H2,1-8H3,(H2,82,105)(H,83,88)(H,84,109)(H,87,110)(H,89,117)(H,90,106)(H,91,108)(H,92,111)(H,93,113)(H,94,114)(H,95,112)(H,96,118)(H,97,119)(H,98,115)(H,99,116)/t44-,45+,55-,56-,57-,58-,59-,60+,61-,62-,63-,64-,68-/m0/s1. The highest BCUT2D eigenvalue weighted by atomic mass is 16.3. The third-order valence-corrected chi connectivity index (χ3v) is 19.7. The number of carbonyl (C=O) groups excluding carboxylic acids is 15. The molecule has 15 amide bonds. The molecule has 0 saturated carbocycles. The van der Waals surface area contributed by atoms with E-state index in [0.29, 0.717) is 39.7 Å². The van der Waals surface area contributed by atoms with Gasteiger partial charge in [-0.05, 0) is 105 Å². The van der Waals surface area contributed by atoms with E-state index in [1.165, 1.54) is 49.3 Å². The Morgan fingerprint density at radius 2 is 0.966 bits per heavy atom. The van der Waals surface area contributed by atoms with Gasteiger partial charge in [-0.2, -0.15) is 0 Å². The first-order valence-electron chi connectivity index (χ1n) is 39.5. The Balaban J connectivity index is 1.03. The number of imidazole rings is 1. The number of nitrogens with zero attached hydrogens (tertiary/aromatic N) is 2. The summed E-state index contributed by atoms with van der Waals surface area (Å²) < 4.78 is 0. The van der Waals surface area contributed by atoms with Crippen LogP contribution >= 0.6 is 0 Å². The van der Waals surface area contributed by atoms with Crippen LogP contribution in [0.3, 0.4) is 0 Å². The molecular weight excluding hydrogens is 1550 g/mol. The second-order valence-corrected chi connectivity index (χ2v) is 30.8. The van der Waals surface area contributed by atoms with Gasteiger partial charge in [0.05, 0.1) is 50.8 Å². The van der Waals surface area contributed by atoms with E-state index in [0.717, 1.165) is 10.9 Å². The van der Waals surface area contributed by atoms with Crippen molar-refractivity contribution in [3.05, 3.63) is 120 Å². The van der Waals surface area contributed by atoms with E-state index in [1.807, 2.05) is 0 Å². The lowest BCUT2D eigenvalue weighted by Crippen LogP contribution is -2.62. The topological polar surface area (TPSA) is 609 Å². The highest BCUT2D eigenvalue weighted by Gasteiger charge is 2.40. The summed E-state index contributed by atoms with van der Waals surface area (Å²) in [6.07, 6.45) is 3.60. The predicted octanol–water partition coefficient (Wildman–Crippen LogP) is -3.74. The number of H-pyrrole nitrogens is 3. The molecule has 1 aliphatic rings. The summed E-state index contributed by atoms with van der Waals surface area (Å²) in [5.41, 5.74) is 14.5. The fourth-order valence-electron chi connectivity index (χ4n) is 13.6. The number of aromatic amines is 3. The smallest absolute Gasteiger partial charge is 0.245 e. The molecule has 0 unspecified atom stereocenters. The van der Waals surface area contributed by atoms with E-state index in [4.69, 9.17) is 11.5 Å². The van der Waals surface area contributed by atoms with Gasteiger partial charge in [0.2, 0.25) is 88.6 Å². The molecule has 1 saturated heterocycles. The minimum Gasteiger partial charge on any atom is -0.508 e. The second-order valence-electron chi connectivity index (χ2n) is 30.8. The van der Waals surface area contributed by atoms with Crippen molar-refractivity contribution >= 4 is 110 Å². The summed E-state index contributed by atoms with van der Waals surface area (Å²) in [6, 6.07) is 1.86. The van der Waals surface area contributed by atoms with Gasteiger partial charge >= 0.3 is 0 Å². The number of aromatic nitrogens is 4. The van der Waals surface area contributed by atoms with Crippen LogP contribution in [-0.2, 0) is 97.6 Å². The molecule has 13 atom stereocenters. The predicted molar refractivity (Wildman–Crippen MR) is 433 cm³/mol. The van der Waals surface area contributed by atoms with Gasteiger partial charge in [0.1, 0.15) is 78.3 Å². The van der Waals surface area contributed by atoms with Crippen LogP contribution in [0.5, 0.6) is 5.75 Å². The first-order chi connectivity index (χ1) is 56.6. The number of rotatable bonds is 46. The SMILES string of the molecule is CC(C)C[C@H](NC(=O)[C@H](CC(C)C)NC(=O)[C@H](Cc1ccc(O)cc1)NC(=O)[C@@H](Cc1c[nH]c2ccccc12)NC(=O)[C@H](C)NC(=O)[C@H](CO)NC(=O)[C@H](CC(N)=O)NC(=O)[C@H](CC(C)C)NC(=O)[C@@H](NC(=O)[C@H](Cc1c[nH]c2ccccc12)NC(=O)CN)[C@@H](C)O)C(=O)NCC(=O)N1CCC[C@H]1C(=O)N[C@@H](Cc1c[nH]cn1)C(=O)NCCO. The van der Waals surface area contributed by atoms with E-state index in [1.54, 1.807) is 109 Å². The Kier molecular flexibility index (Phi) is 35.8. The van der Waals surface area contributed by atoms with Crippen LogP contribution in [0.1, 0.15) is 116 Å². The van der Waals surface area contributed by atoms with Crippen LogP contribution < -0.4 is 80.6 Å². The highest BCUT2D eigenvalue weighted by molar-refractivity contribution is 6.01. The number of benzene rings is 3. The molecule has 0 aliphatic carbocycles. The molecule has 0 spiro atoms. The number of hydrogen-bond acceptors (Lipinski definition) is 21. The molecule has 3 aromatic carbocycles. The van der Waals surface area contributed by atoms with Crippen LogP contribution in [0, 0.1) is 17.8 Å². The Hall–Kier alpha value is -12.4. The molecule has 39 nitrogen and oxygen atoms in total. The number of nitrogens with one attached hydrogen (secondary N) is 16. The number of aromatic hydroxyl groups is 1. The summed E-state index contributed by atoms with van der Waals surface area (Å²) in [7, 11) is 0. The summed E-state index contributed by atoms with van der Waals surface area (Å²) in [5.74, 6) is -14.7. The lowest BCUT2D eigenvalue weighted by atomic mass is 9.98. The first kappa shape index (κ1) is 93.8. The molecular formula is C80H112N20O19. The maximum atomic E-state index is 15.1. The molecule has 7 rings (SSSR count). The summed E-state index contributed by atoms with van der Waals surface area (Å²) in [6.45, 7) is 10.4. The fraction of sp³-hybridized carbons (Fsp3) is 0.500. The number of hydrogen-bond donors (Lipinski definition) is 22. The lowest BCUT2D eigenvalue weighted by Gasteiger charge is -2.29. The first-order valence-corrected chi connectivity index (χ1v) is 39.5. The third-order valence-electron chi connectivity index (χ3n) is 19.7. The lowest BCUT2D eigenvalue weighted by molar-refractivity contribution is -0.140. The molecule has 4 heterocycles. The summed E-state index contributed by atoms with van der Waals surface area (Å²) in [4.78, 5) is 224. The largest absolute Gasteiger partial charge is 0.508 e. The molecule has 24 N–H and O–H groups in total. The highest BCUT2D eigenvalue weighted by Crippen LogP contribution is 2.24. The number of para-hydroxylation sites is 2. The third kappa shape index (κ3) is 28.5. The summed E-state index contributed by atoms with van der Waals surface area (Å²) >= 11 is 0. The average Bonchev–Trinajstić information content (AvgIpc) is 1.19. The van der Waals surface area contributed by atoms with E-state index in [-0.39, 0.29) is 94.6 Å². The molecule has 0 bridgehead atoms. The van der Waals surface area contributed by atoms with Gasteiger partial charge in [-0.3, -0.25) is 71.9 Å². The Morgan fingerprint density at radius 1 is 0.504 bits per heavy atom. The van der Waals surface area contributed by atoms with E-state index in [2.05, 4.69) is 89.1 Å². The van der Waals surface area contributed by atoms with Gasteiger partial charge in [0.15, 0.2) is 0 Å². The minimum atomic E-state index is -1.92. The molecule has 0 radical (unpaired) electrons. The van der Waals surface area contributed by atoms with Gasteiger partial charge in [0.25, 0.3) is 0 Å². The van der Waals surface area contributed by atoms with E-state index >= 15 is 4.79 Å². The number of fused-ring (bicyclic) bond motifs is 2. The Labute approximate surface area is 686 Å². The van der Waals surface area contributed by atoms with Crippen molar-refractivity contribution in [2.45, 2.75) is 198 Å². The quantitative estimate of drug-likeness (QED) is 0.0175. The molecule has 39 heteroatoms. The van der Waals surface area contributed by atoms with Gasteiger partial charge < -0.3 is 121 Å². The minimum absolute atomic E-state index is 0.00566. The van der Waals surface area contributed by atoms with E-state index in [9.17, 15) is 87.5 Å². The van der Waals surface area contributed by atoms with Crippen molar-refractivity contribution in [3.8, 4) is 5.75 Å². The Morgan fingerprint density at radius 3 is 1.49 bits per heavy atom.